The van der Waals surface area contributed by atoms with Gasteiger partial charge in [-0.3, -0.25) is 0 Å². The summed E-state index contributed by atoms with van der Waals surface area (Å²) in [6.45, 7) is 0. The molecule has 0 amide bonds. The van der Waals surface area contributed by atoms with Gasteiger partial charge >= 0.3 is 34.5 Å². The molecule has 0 spiro atoms. The van der Waals surface area contributed by atoms with Gasteiger partial charge in [-0.25, -0.2) is 0 Å². The Labute approximate surface area is 134 Å². The van der Waals surface area contributed by atoms with Crippen LogP contribution in [0.5, 0.6) is 0 Å². The van der Waals surface area contributed by atoms with Crippen molar-refractivity contribution in [1.82, 2.24) is 0 Å². The van der Waals surface area contributed by atoms with Crippen LogP contribution in [0, 0.1) is 0 Å². The van der Waals surface area contributed by atoms with Crippen molar-refractivity contribution < 1.29 is 15.1 Å². The maximum absolute atomic E-state index is 4.85. The Morgan fingerprint density at radius 2 is 0.737 bits per heavy atom. The molecule has 0 N–H and O–H groups in total. The van der Waals surface area contributed by atoms with Gasteiger partial charge in [-0.2, -0.15) is 0 Å². The molecule has 110 valence electrons. The molecule has 3 heteroatoms. The second-order valence-corrected chi connectivity index (χ2v) is 6.97. The standard InChI is InChI=1S/2C8H12.2ClH.Ru/c2*1-2-4-6-8-7-5-3-1;;;/h2*1-4H,5-8H2;2*1H;/q;;;;+2/p-2/b2*3-1-,4-2-;;;. The van der Waals surface area contributed by atoms with Crippen LogP contribution in [0.25, 0.3) is 0 Å². The molecule has 2 aliphatic carbocycles. The zero-order valence-electron chi connectivity index (χ0n) is 11.4. The van der Waals surface area contributed by atoms with Crippen LogP contribution in [-0.4, -0.2) is 0 Å². The maximum atomic E-state index is 4.85. The van der Waals surface area contributed by atoms with Crippen molar-refractivity contribution in [3.05, 3.63) is 48.6 Å². The molecule has 0 atom stereocenters. The van der Waals surface area contributed by atoms with Gasteiger partial charge < -0.3 is 0 Å². The van der Waals surface area contributed by atoms with Gasteiger partial charge in [-0.15, -0.1) is 0 Å². The summed E-state index contributed by atoms with van der Waals surface area (Å²) < 4.78 is 0. The van der Waals surface area contributed by atoms with Gasteiger partial charge in [0.15, 0.2) is 0 Å². The fourth-order valence-electron chi connectivity index (χ4n) is 1.75. The molecule has 0 unspecified atom stereocenters. The molecule has 0 heterocycles. The van der Waals surface area contributed by atoms with E-state index in [1.165, 1.54) is 51.4 Å². The van der Waals surface area contributed by atoms with Crippen molar-refractivity contribution in [1.29, 1.82) is 0 Å². The molecule has 2 aliphatic rings. The molecule has 0 aromatic heterocycles. The summed E-state index contributed by atoms with van der Waals surface area (Å²) in [5.74, 6) is 0. The van der Waals surface area contributed by atoms with Crippen LogP contribution >= 0.6 is 19.4 Å². The third-order valence-corrected chi connectivity index (χ3v) is 2.75. The summed E-state index contributed by atoms with van der Waals surface area (Å²) in [7, 11) is 9.71. The zero-order valence-corrected chi connectivity index (χ0v) is 14.6. The second-order valence-electron chi connectivity index (χ2n) is 4.33. The van der Waals surface area contributed by atoms with E-state index in [0.29, 0.717) is 0 Å². The Morgan fingerprint density at radius 3 is 0.947 bits per heavy atom. The van der Waals surface area contributed by atoms with Gasteiger partial charge in [0.2, 0.25) is 0 Å². The average molecular weight is 388 g/mol. The van der Waals surface area contributed by atoms with E-state index in [2.05, 4.69) is 48.6 Å². The Balaban J connectivity index is 0.000000284. The van der Waals surface area contributed by atoms with Crippen LogP contribution in [0.2, 0.25) is 0 Å². The van der Waals surface area contributed by atoms with E-state index < -0.39 is 0 Å². The van der Waals surface area contributed by atoms with E-state index in [4.69, 9.17) is 19.4 Å². The van der Waals surface area contributed by atoms with Crippen LogP contribution in [0.3, 0.4) is 0 Å². The molecule has 0 bridgehead atoms. The number of allylic oxidation sites excluding steroid dienone is 8. The normalized spacial score (nSPS) is 24.7. The van der Waals surface area contributed by atoms with Gasteiger partial charge in [0.05, 0.1) is 0 Å². The molecular weight excluding hydrogens is 364 g/mol. The summed E-state index contributed by atoms with van der Waals surface area (Å²) in [4.78, 5) is 0. The minimum atomic E-state index is -0.346. The van der Waals surface area contributed by atoms with Gasteiger partial charge in [-0.05, 0) is 51.4 Å². The first-order valence-corrected chi connectivity index (χ1v) is 11.4. The van der Waals surface area contributed by atoms with E-state index in [9.17, 15) is 0 Å². The fourth-order valence-corrected chi connectivity index (χ4v) is 1.75. The van der Waals surface area contributed by atoms with Crippen molar-refractivity contribution in [3.8, 4) is 0 Å². The van der Waals surface area contributed by atoms with Crippen LogP contribution in [0.15, 0.2) is 48.6 Å². The minimum absolute atomic E-state index is 0.346. The number of hydrogen-bond donors (Lipinski definition) is 0. The molecule has 0 aromatic rings. The van der Waals surface area contributed by atoms with Gasteiger partial charge in [0.25, 0.3) is 0 Å². The predicted molar refractivity (Wildman–Crippen MR) is 85.2 cm³/mol. The Bertz CT molecular complexity index is 224. The number of rotatable bonds is 0. The fraction of sp³-hybridized carbons (Fsp3) is 0.500. The number of halogens is 2. The Hall–Kier alpha value is 0.163. The monoisotopic (exact) mass is 388 g/mol. The van der Waals surface area contributed by atoms with Crippen LogP contribution in [0.1, 0.15) is 51.4 Å². The van der Waals surface area contributed by atoms with Crippen LogP contribution in [-0.2, 0) is 15.1 Å². The topological polar surface area (TPSA) is 0 Å². The molecule has 0 radical (unpaired) electrons. The van der Waals surface area contributed by atoms with Crippen molar-refractivity contribution >= 4 is 19.4 Å². The van der Waals surface area contributed by atoms with E-state index in [1.807, 2.05) is 0 Å². The summed E-state index contributed by atoms with van der Waals surface area (Å²) in [5.41, 5.74) is 0. The molecule has 0 fully saturated rings. The SMILES string of the molecule is C1=C\CCCC\C=C/1.C1=C\CCCC\C=C/1.[Cl][Ru][Cl]. The van der Waals surface area contributed by atoms with E-state index in [-0.39, 0.29) is 15.1 Å². The van der Waals surface area contributed by atoms with E-state index in [1.54, 1.807) is 0 Å². The zero-order chi connectivity index (χ0) is 14.0. The first-order valence-electron chi connectivity index (χ1n) is 6.90. The summed E-state index contributed by atoms with van der Waals surface area (Å²) in [6, 6.07) is 0. The van der Waals surface area contributed by atoms with Crippen molar-refractivity contribution in [2.45, 2.75) is 51.4 Å². The van der Waals surface area contributed by atoms with E-state index in [0.717, 1.165) is 0 Å². The molecule has 0 aromatic carbocycles. The van der Waals surface area contributed by atoms with Gasteiger partial charge in [0.1, 0.15) is 0 Å². The summed E-state index contributed by atoms with van der Waals surface area (Å²) in [6.07, 6.45) is 28.0. The molecule has 19 heavy (non-hydrogen) atoms. The van der Waals surface area contributed by atoms with Crippen molar-refractivity contribution in [2.24, 2.45) is 0 Å². The third-order valence-electron chi connectivity index (χ3n) is 2.75. The van der Waals surface area contributed by atoms with Crippen molar-refractivity contribution in [3.63, 3.8) is 0 Å². The summed E-state index contributed by atoms with van der Waals surface area (Å²) in [5, 5.41) is 0. The van der Waals surface area contributed by atoms with Crippen LogP contribution < -0.4 is 0 Å². The van der Waals surface area contributed by atoms with Gasteiger partial charge in [0, 0.05) is 0 Å². The molecule has 2 rings (SSSR count). The van der Waals surface area contributed by atoms with Crippen molar-refractivity contribution in [2.75, 3.05) is 0 Å². The molecular formula is C16H24Cl2Ru. The first kappa shape index (κ1) is 19.2. The average Bonchev–Trinajstić information content (AvgIpc) is 2.28. The molecule has 0 saturated carbocycles. The number of hydrogen-bond acceptors (Lipinski definition) is 0. The Morgan fingerprint density at radius 1 is 0.526 bits per heavy atom. The van der Waals surface area contributed by atoms with E-state index >= 15 is 0 Å². The summed E-state index contributed by atoms with van der Waals surface area (Å²) >= 11 is -0.346. The Kier molecular flexibility index (Phi) is 18.3. The molecule has 0 aliphatic heterocycles. The molecule has 0 saturated heterocycles. The predicted octanol–water partition coefficient (Wildman–Crippen LogP) is 6.72. The quantitative estimate of drug-likeness (QED) is 0.404. The van der Waals surface area contributed by atoms with Gasteiger partial charge in [-0.1, -0.05) is 48.6 Å². The molecule has 0 nitrogen and oxygen atoms in total. The first-order chi connectivity index (χ1) is 9.41. The van der Waals surface area contributed by atoms with Crippen LogP contribution in [0.4, 0.5) is 0 Å². The third kappa shape index (κ3) is 18.2. The second kappa shape index (κ2) is 18.2.